The molecule has 2 aromatic rings. The fourth-order valence-corrected chi connectivity index (χ4v) is 7.82. The minimum atomic E-state index is -3.13. The van der Waals surface area contributed by atoms with E-state index in [1.165, 1.54) is 6.07 Å². The first-order chi connectivity index (χ1) is 16.9. The summed E-state index contributed by atoms with van der Waals surface area (Å²) in [6.45, 7) is -1.36. The van der Waals surface area contributed by atoms with Crippen molar-refractivity contribution >= 4 is 15.7 Å². The van der Waals surface area contributed by atoms with Crippen molar-refractivity contribution in [2.75, 3.05) is 11.5 Å². The van der Waals surface area contributed by atoms with Crippen LogP contribution in [0.1, 0.15) is 49.9 Å². The third kappa shape index (κ3) is 4.72. The van der Waals surface area contributed by atoms with Crippen LogP contribution in [0.2, 0.25) is 0 Å². The number of fused-ring (bicyclic) bond motifs is 1. The number of alkyl halides is 2. The lowest BCUT2D eigenvalue weighted by Crippen LogP contribution is -2.64. The van der Waals surface area contributed by atoms with E-state index < -0.39 is 39.8 Å². The van der Waals surface area contributed by atoms with Gasteiger partial charge in [0, 0.05) is 29.2 Å². The molecule has 5 rings (SSSR count). The van der Waals surface area contributed by atoms with Gasteiger partial charge in [-0.3, -0.25) is 9.48 Å². The summed E-state index contributed by atoms with van der Waals surface area (Å²) in [6.07, 6.45) is 2.51. The predicted octanol–water partition coefficient (Wildman–Crippen LogP) is 2.78. The number of aliphatic hydroxyl groups excluding tert-OH is 1. The molecule has 2 N–H and O–H groups in total. The maximum atomic E-state index is 14.9. The molecule has 8 nitrogen and oxygen atoms in total. The van der Waals surface area contributed by atoms with E-state index in [2.05, 4.69) is 15.2 Å². The second-order valence-corrected chi connectivity index (χ2v) is 12.4. The van der Waals surface area contributed by atoms with Crippen molar-refractivity contribution in [3.05, 3.63) is 35.3 Å². The SMILES string of the molecule is CC1(NC(=O)[C@@H]2CCc3c(-c4cc(OC(F)F)ccc4F)nn(C4CCCC4O)c3C2)CS(=O)(=O)C1. The Morgan fingerprint density at radius 2 is 2.03 bits per heavy atom. The second kappa shape index (κ2) is 9.05. The topological polar surface area (TPSA) is 111 Å². The highest BCUT2D eigenvalue weighted by molar-refractivity contribution is 7.93. The molecule has 196 valence electrons. The molecule has 36 heavy (non-hydrogen) atoms. The van der Waals surface area contributed by atoms with E-state index in [4.69, 9.17) is 0 Å². The van der Waals surface area contributed by atoms with Crippen molar-refractivity contribution < 1.29 is 36.2 Å². The normalized spacial score (nSPS) is 26.3. The smallest absolute Gasteiger partial charge is 0.387 e. The summed E-state index contributed by atoms with van der Waals surface area (Å²) in [5, 5.41) is 18.1. The maximum absolute atomic E-state index is 14.9. The summed E-state index contributed by atoms with van der Waals surface area (Å²) in [6, 6.07) is 3.02. The Hall–Kier alpha value is -2.60. The summed E-state index contributed by atoms with van der Waals surface area (Å²) in [7, 11) is -3.13. The number of aliphatic hydroxyl groups is 1. The summed E-state index contributed by atoms with van der Waals surface area (Å²) in [4.78, 5) is 13.1. The van der Waals surface area contributed by atoms with Crippen molar-refractivity contribution in [1.29, 1.82) is 0 Å². The molecule has 1 aromatic heterocycles. The molecule has 2 unspecified atom stereocenters. The van der Waals surface area contributed by atoms with Gasteiger partial charge >= 0.3 is 6.61 Å². The number of aromatic nitrogens is 2. The molecular weight excluding hydrogens is 499 g/mol. The van der Waals surface area contributed by atoms with Gasteiger partial charge in [0.25, 0.3) is 0 Å². The largest absolute Gasteiger partial charge is 0.435 e. The highest BCUT2D eigenvalue weighted by Gasteiger charge is 2.47. The van der Waals surface area contributed by atoms with Crippen LogP contribution in [0.4, 0.5) is 13.2 Å². The third-order valence-electron chi connectivity index (χ3n) is 7.35. The van der Waals surface area contributed by atoms with Gasteiger partial charge in [0.15, 0.2) is 9.84 Å². The van der Waals surface area contributed by atoms with Gasteiger partial charge in [-0.25, -0.2) is 12.8 Å². The molecule has 3 aliphatic rings. The van der Waals surface area contributed by atoms with E-state index in [1.807, 2.05) is 0 Å². The number of amides is 1. The number of ether oxygens (including phenoxy) is 1. The number of carbonyl (C=O) groups is 1. The summed E-state index contributed by atoms with van der Waals surface area (Å²) in [5.41, 5.74) is 0.928. The van der Waals surface area contributed by atoms with Crippen LogP contribution in [0.15, 0.2) is 18.2 Å². The van der Waals surface area contributed by atoms with Gasteiger partial charge in [-0.2, -0.15) is 13.9 Å². The molecule has 3 atom stereocenters. The molecule has 2 heterocycles. The Morgan fingerprint density at radius 1 is 1.28 bits per heavy atom. The molecule has 1 saturated heterocycles. The molecule has 1 saturated carbocycles. The van der Waals surface area contributed by atoms with Gasteiger partial charge in [0.1, 0.15) is 11.6 Å². The van der Waals surface area contributed by atoms with E-state index in [0.717, 1.165) is 18.6 Å². The van der Waals surface area contributed by atoms with Crippen molar-refractivity contribution in [3.8, 4) is 17.0 Å². The van der Waals surface area contributed by atoms with Gasteiger partial charge in [0.2, 0.25) is 5.91 Å². The minimum absolute atomic E-state index is 0.0192. The van der Waals surface area contributed by atoms with Crippen molar-refractivity contribution in [2.24, 2.45) is 5.92 Å². The molecule has 0 bridgehead atoms. The van der Waals surface area contributed by atoms with E-state index in [9.17, 15) is 31.5 Å². The first kappa shape index (κ1) is 25.1. The zero-order valence-electron chi connectivity index (χ0n) is 19.7. The van der Waals surface area contributed by atoms with Gasteiger partial charge < -0.3 is 15.2 Å². The number of nitrogens with zero attached hydrogens (tertiary/aromatic N) is 2. The summed E-state index contributed by atoms with van der Waals surface area (Å²) >= 11 is 0. The predicted molar refractivity (Wildman–Crippen MR) is 124 cm³/mol. The average molecular weight is 528 g/mol. The minimum Gasteiger partial charge on any atom is -0.435 e. The third-order valence-corrected chi connectivity index (χ3v) is 9.50. The number of rotatable bonds is 6. The number of carbonyl (C=O) groups excluding carboxylic acids is 1. The molecular formula is C24H28F3N3O5S. The highest BCUT2D eigenvalue weighted by atomic mass is 32.2. The van der Waals surface area contributed by atoms with Crippen LogP contribution in [0.3, 0.4) is 0 Å². The van der Waals surface area contributed by atoms with Crippen LogP contribution in [0, 0.1) is 11.7 Å². The number of benzene rings is 1. The van der Waals surface area contributed by atoms with Gasteiger partial charge in [0.05, 0.1) is 34.9 Å². The second-order valence-electron chi connectivity index (χ2n) is 10.3. The lowest BCUT2D eigenvalue weighted by molar-refractivity contribution is -0.126. The van der Waals surface area contributed by atoms with E-state index >= 15 is 0 Å². The fraction of sp³-hybridized carbons (Fsp3) is 0.583. The zero-order chi connectivity index (χ0) is 25.8. The number of hydrogen-bond acceptors (Lipinski definition) is 6. The molecule has 1 aliphatic heterocycles. The van der Waals surface area contributed by atoms with E-state index in [0.29, 0.717) is 36.9 Å². The van der Waals surface area contributed by atoms with Crippen molar-refractivity contribution in [1.82, 2.24) is 15.1 Å². The number of hydrogen-bond donors (Lipinski definition) is 2. The Kier molecular flexibility index (Phi) is 6.30. The molecule has 0 radical (unpaired) electrons. The number of nitrogens with one attached hydrogen (secondary N) is 1. The van der Waals surface area contributed by atoms with Crippen LogP contribution in [-0.4, -0.2) is 59.0 Å². The summed E-state index contributed by atoms with van der Waals surface area (Å²) < 4.78 is 69.8. The van der Waals surface area contributed by atoms with Crippen LogP contribution >= 0.6 is 0 Å². The van der Waals surface area contributed by atoms with Crippen molar-refractivity contribution in [2.45, 2.75) is 69.7 Å². The van der Waals surface area contributed by atoms with Crippen LogP contribution in [-0.2, 0) is 27.5 Å². The molecule has 0 spiro atoms. The standard InChI is InChI=1S/C24H28F3N3O5S/c1-24(11-36(33,34)12-24)28-22(32)13-5-7-15-19(9-13)30(18-3-2-4-20(18)31)29-21(15)16-10-14(35-23(26)27)6-8-17(16)25/h6,8,10,13,18,20,23,31H,2-5,7,9,11-12H2,1H3,(H,28,32)/t13-,18?,20?/m1/s1. The van der Waals surface area contributed by atoms with Gasteiger partial charge in [-0.05, 0) is 57.2 Å². The Balaban J connectivity index is 1.48. The fourth-order valence-electron chi connectivity index (χ4n) is 5.82. The van der Waals surface area contributed by atoms with Crippen LogP contribution in [0.5, 0.6) is 5.75 Å². The Morgan fingerprint density at radius 3 is 2.67 bits per heavy atom. The Bertz CT molecular complexity index is 1280. The lowest BCUT2D eigenvalue weighted by Gasteiger charge is -2.39. The van der Waals surface area contributed by atoms with Gasteiger partial charge in [-0.15, -0.1) is 0 Å². The first-order valence-corrected chi connectivity index (χ1v) is 13.8. The summed E-state index contributed by atoms with van der Waals surface area (Å²) in [5.74, 6) is -1.74. The first-order valence-electron chi connectivity index (χ1n) is 12.0. The molecule has 12 heteroatoms. The van der Waals surface area contributed by atoms with Crippen LogP contribution in [0.25, 0.3) is 11.3 Å². The van der Waals surface area contributed by atoms with E-state index in [1.54, 1.807) is 11.6 Å². The Labute approximate surface area is 206 Å². The monoisotopic (exact) mass is 527 g/mol. The molecule has 2 aliphatic carbocycles. The van der Waals surface area contributed by atoms with E-state index in [-0.39, 0.29) is 46.9 Å². The average Bonchev–Trinajstić information content (AvgIpc) is 3.35. The highest BCUT2D eigenvalue weighted by Crippen LogP contribution is 2.40. The van der Waals surface area contributed by atoms with Gasteiger partial charge in [-0.1, -0.05) is 0 Å². The maximum Gasteiger partial charge on any atom is 0.387 e. The van der Waals surface area contributed by atoms with Crippen LogP contribution < -0.4 is 10.1 Å². The molecule has 1 aromatic carbocycles. The number of halogens is 3. The zero-order valence-corrected chi connectivity index (χ0v) is 20.5. The quantitative estimate of drug-likeness (QED) is 0.598. The number of sulfone groups is 1. The van der Waals surface area contributed by atoms with Crippen molar-refractivity contribution in [3.63, 3.8) is 0 Å². The molecule has 1 amide bonds. The molecule has 2 fully saturated rings. The lowest BCUT2D eigenvalue weighted by atomic mass is 9.84.